The van der Waals surface area contributed by atoms with Gasteiger partial charge >= 0.3 is 0 Å². The fraction of sp³-hybridized carbons (Fsp3) is 0.438. The molecule has 2 aliphatic rings. The summed E-state index contributed by atoms with van der Waals surface area (Å²) in [5.74, 6) is 1.42. The van der Waals surface area contributed by atoms with Crippen LogP contribution in [-0.4, -0.2) is 56.2 Å². The van der Waals surface area contributed by atoms with Crippen LogP contribution in [0.25, 0.3) is 11.0 Å². The minimum atomic E-state index is -1.46. The fourth-order valence-corrected chi connectivity index (χ4v) is 6.67. The maximum Gasteiger partial charge on any atom is 0.152 e. The van der Waals surface area contributed by atoms with Crippen molar-refractivity contribution in [1.82, 2.24) is 19.9 Å². The van der Waals surface area contributed by atoms with Crippen LogP contribution in [0.4, 0.5) is 0 Å². The smallest absolute Gasteiger partial charge is 0.152 e. The van der Waals surface area contributed by atoms with Gasteiger partial charge in [-0.05, 0) is 66.1 Å². The lowest BCUT2D eigenvalue weighted by Gasteiger charge is -2.30. The number of ether oxygens (including phenoxy) is 2. The molecule has 2 heterocycles. The van der Waals surface area contributed by atoms with Gasteiger partial charge in [0.1, 0.15) is 28.6 Å². The number of aromatic nitrogens is 3. The van der Waals surface area contributed by atoms with Crippen molar-refractivity contribution >= 4 is 11.0 Å². The second-order valence-electron chi connectivity index (χ2n) is 11.2. The summed E-state index contributed by atoms with van der Waals surface area (Å²) in [7, 11) is 3.49. The normalized spacial score (nSPS) is 19.8. The van der Waals surface area contributed by atoms with Gasteiger partial charge in [-0.15, -0.1) is 5.10 Å². The van der Waals surface area contributed by atoms with E-state index in [0.29, 0.717) is 5.75 Å². The summed E-state index contributed by atoms with van der Waals surface area (Å²) in [6, 6.07) is 17.3. The molecule has 0 saturated carbocycles. The van der Waals surface area contributed by atoms with Crippen LogP contribution in [-0.2, 0) is 20.0 Å². The molecule has 1 aromatic heterocycles. The fourth-order valence-electron chi connectivity index (χ4n) is 6.67. The number of benzene rings is 3. The summed E-state index contributed by atoms with van der Waals surface area (Å²) in [6.45, 7) is 5.93. The van der Waals surface area contributed by atoms with Crippen LogP contribution in [0.15, 0.2) is 48.5 Å². The van der Waals surface area contributed by atoms with Gasteiger partial charge in [-0.1, -0.05) is 48.5 Å². The molecule has 0 fully saturated rings. The summed E-state index contributed by atoms with van der Waals surface area (Å²) in [6.07, 6.45) is 1.89. The van der Waals surface area contributed by atoms with E-state index in [2.05, 4.69) is 58.5 Å². The standard InChI is InChI=1S/C32H38N4O4/c1-5-23-18-36(17-22-8-6-7-9-28(22)40-23)27-13-12-20-10-11-21(14-26(20)27)25(16-30(37)38)24-15-29(39-4)32-31(19(24)2)33-34-35(32)3/h6-11,14-15,23,25,27,30,37-38H,5,12-13,16-18H2,1-4H3/t23-,25?,27?/m1/s1. The third-order valence-corrected chi connectivity index (χ3v) is 8.77. The number of para-hydroxylation sites is 1. The molecule has 3 aromatic carbocycles. The zero-order valence-electron chi connectivity index (χ0n) is 23.7. The van der Waals surface area contributed by atoms with Crippen LogP contribution in [0.1, 0.15) is 71.5 Å². The summed E-state index contributed by atoms with van der Waals surface area (Å²) >= 11 is 0. The number of hydrogen-bond acceptors (Lipinski definition) is 7. The first-order valence-corrected chi connectivity index (χ1v) is 14.2. The second-order valence-corrected chi connectivity index (χ2v) is 11.2. The highest BCUT2D eigenvalue weighted by molar-refractivity contribution is 5.86. The highest BCUT2D eigenvalue weighted by Gasteiger charge is 2.33. The number of nitrogens with zero attached hydrogens (tertiary/aromatic N) is 4. The minimum Gasteiger partial charge on any atom is -0.494 e. The molecule has 40 heavy (non-hydrogen) atoms. The molecule has 6 rings (SSSR count). The quantitative estimate of drug-likeness (QED) is 0.325. The number of rotatable bonds is 7. The molecule has 0 radical (unpaired) electrons. The Morgan fingerprint density at radius 3 is 2.73 bits per heavy atom. The van der Waals surface area contributed by atoms with Crippen molar-refractivity contribution < 1.29 is 19.7 Å². The van der Waals surface area contributed by atoms with Crippen LogP contribution >= 0.6 is 0 Å². The van der Waals surface area contributed by atoms with E-state index in [4.69, 9.17) is 9.47 Å². The van der Waals surface area contributed by atoms with Gasteiger partial charge in [0, 0.05) is 44.1 Å². The Kier molecular flexibility index (Phi) is 7.25. The van der Waals surface area contributed by atoms with E-state index in [-0.39, 0.29) is 24.5 Å². The predicted molar refractivity (Wildman–Crippen MR) is 154 cm³/mol. The number of fused-ring (bicyclic) bond motifs is 3. The Bertz CT molecular complexity index is 1530. The van der Waals surface area contributed by atoms with Gasteiger partial charge in [0.15, 0.2) is 6.29 Å². The Morgan fingerprint density at radius 1 is 1.12 bits per heavy atom. The van der Waals surface area contributed by atoms with Gasteiger partial charge in [-0.2, -0.15) is 0 Å². The van der Waals surface area contributed by atoms with Crippen LogP contribution in [0.3, 0.4) is 0 Å². The molecule has 2 N–H and O–H groups in total. The first-order chi connectivity index (χ1) is 19.4. The molecule has 0 saturated heterocycles. The number of hydrogen-bond donors (Lipinski definition) is 2. The van der Waals surface area contributed by atoms with Crippen molar-refractivity contribution in [1.29, 1.82) is 0 Å². The zero-order valence-corrected chi connectivity index (χ0v) is 23.7. The van der Waals surface area contributed by atoms with Crippen LogP contribution in [0.5, 0.6) is 11.5 Å². The van der Waals surface area contributed by atoms with Gasteiger partial charge in [-0.3, -0.25) is 4.90 Å². The molecule has 1 aliphatic heterocycles. The molecule has 0 amide bonds. The SMILES string of the molecule is CC[C@@H]1CN(C2CCc3ccc(C(CC(O)O)c4cc(OC)c5c(nnn5C)c4C)cc32)Cc2ccccc2O1. The maximum atomic E-state index is 10.2. The highest BCUT2D eigenvalue weighted by Crippen LogP contribution is 2.43. The highest BCUT2D eigenvalue weighted by atomic mass is 16.5. The minimum absolute atomic E-state index is 0.141. The first-order valence-electron chi connectivity index (χ1n) is 14.2. The van der Waals surface area contributed by atoms with Crippen LogP contribution in [0, 0.1) is 6.92 Å². The van der Waals surface area contributed by atoms with E-state index in [1.54, 1.807) is 11.8 Å². The Hall–Kier alpha value is -3.46. The average Bonchev–Trinajstić information content (AvgIpc) is 3.50. The summed E-state index contributed by atoms with van der Waals surface area (Å²) in [5.41, 5.74) is 8.51. The number of aliphatic hydroxyl groups is 2. The molecule has 8 nitrogen and oxygen atoms in total. The Morgan fingerprint density at radius 2 is 1.95 bits per heavy atom. The predicted octanol–water partition coefficient (Wildman–Crippen LogP) is 4.78. The molecule has 0 spiro atoms. The molecule has 4 aromatic rings. The second kappa shape index (κ2) is 10.8. The number of aryl methyl sites for hydroxylation is 3. The zero-order chi connectivity index (χ0) is 28.0. The number of aliphatic hydroxyl groups excluding tert-OH is 1. The molecule has 1 aliphatic carbocycles. The van der Waals surface area contributed by atoms with Gasteiger partial charge < -0.3 is 19.7 Å². The summed E-state index contributed by atoms with van der Waals surface area (Å²) in [4.78, 5) is 2.57. The van der Waals surface area contributed by atoms with E-state index in [0.717, 1.165) is 65.8 Å². The van der Waals surface area contributed by atoms with Gasteiger partial charge in [-0.25, -0.2) is 4.68 Å². The van der Waals surface area contributed by atoms with Crippen molar-refractivity contribution in [2.75, 3.05) is 13.7 Å². The Balaban J connectivity index is 1.41. The van der Waals surface area contributed by atoms with Crippen molar-refractivity contribution in [2.24, 2.45) is 7.05 Å². The van der Waals surface area contributed by atoms with E-state index < -0.39 is 6.29 Å². The molecule has 2 unspecified atom stereocenters. The topological polar surface area (TPSA) is 92.9 Å². The van der Waals surface area contributed by atoms with Gasteiger partial charge in [0.25, 0.3) is 0 Å². The third kappa shape index (κ3) is 4.74. The lowest BCUT2D eigenvalue weighted by atomic mass is 9.83. The van der Waals surface area contributed by atoms with Crippen molar-refractivity contribution in [3.05, 3.63) is 81.9 Å². The van der Waals surface area contributed by atoms with Crippen molar-refractivity contribution in [3.8, 4) is 11.5 Å². The molecular formula is C32H38N4O4. The maximum absolute atomic E-state index is 10.2. The molecule has 210 valence electrons. The van der Waals surface area contributed by atoms with Crippen molar-refractivity contribution in [3.63, 3.8) is 0 Å². The van der Waals surface area contributed by atoms with E-state index in [9.17, 15) is 10.2 Å². The van der Waals surface area contributed by atoms with E-state index in [1.807, 2.05) is 26.1 Å². The van der Waals surface area contributed by atoms with Crippen LogP contribution < -0.4 is 9.47 Å². The largest absolute Gasteiger partial charge is 0.494 e. The lowest BCUT2D eigenvalue weighted by molar-refractivity contribution is -0.0477. The Labute approximate surface area is 235 Å². The van der Waals surface area contributed by atoms with Crippen LogP contribution in [0.2, 0.25) is 0 Å². The van der Waals surface area contributed by atoms with E-state index in [1.165, 1.54) is 16.7 Å². The summed E-state index contributed by atoms with van der Waals surface area (Å²) < 4.78 is 13.9. The van der Waals surface area contributed by atoms with Gasteiger partial charge in [0.05, 0.1) is 7.11 Å². The van der Waals surface area contributed by atoms with E-state index >= 15 is 0 Å². The monoisotopic (exact) mass is 542 g/mol. The molecule has 3 atom stereocenters. The number of methoxy groups -OCH3 is 1. The van der Waals surface area contributed by atoms with Gasteiger partial charge in [0.2, 0.25) is 0 Å². The first kappa shape index (κ1) is 26.7. The summed E-state index contributed by atoms with van der Waals surface area (Å²) in [5, 5.41) is 29.0. The third-order valence-electron chi connectivity index (χ3n) is 8.77. The lowest BCUT2D eigenvalue weighted by Crippen LogP contribution is -2.34. The molecule has 8 heteroatoms. The average molecular weight is 543 g/mol. The molecular weight excluding hydrogens is 504 g/mol. The van der Waals surface area contributed by atoms with Crippen molar-refractivity contribution in [2.45, 2.75) is 70.4 Å². The molecule has 0 bridgehead atoms.